The van der Waals surface area contributed by atoms with Crippen molar-refractivity contribution in [3.63, 3.8) is 0 Å². The van der Waals surface area contributed by atoms with Gasteiger partial charge in [-0.2, -0.15) is 0 Å². The zero-order valence-electron chi connectivity index (χ0n) is 2.20. The van der Waals surface area contributed by atoms with Crippen LogP contribution in [0.25, 0.3) is 0 Å². The molecule has 0 bridgehead atoms. The van der Waals surface area contributed by atoms with Crippen LogP contribution in [0, 0.1) is 0 Å². The van der Waals surface area contributed by atoms with Gasteiger partial charge in [0.15, 0.2) is 0 Å². The minimum absolute atomic E-state index is 3.60. The maximum Gasteiger partial charge on any atom is 0.319 e. The molecule has 0 aromatic heterocycles. The van der Waals surface area contributed by atoms with Crippen LogP contribution < -0.4 is 0 Å². The molecular weight excluding hydrogens is 111 g/mol. The van der Waals surface area contributed by atoms with Crippen LogP contribution in [0.3, 0.4) is 0 Å². The summed E-state index contributed by atoms with van der Waals surface area (Å²) in [5.74, 6) is 0. The standard InChI is InChI=1S/H3O3PS/c1-4(2,3)5/h(H3,1,2,3,5). The molecule has 0 atom stereocenters. The van der Waals surface area contributed by atoms with Gasteiger partial charge in [-0.3, -0.25) is 0 Å². The lowest BCUT2D eigenvalue weighted by atomic mass is 15.8. The van der Waals surface area contributed by atoms with Crippen molar-refractivity contribution in [3.05, 3.63) is 0 Å². The number of hydrogen-bond acceptors (Lipinski definition) is 1. The first-order valence-corrected chi connectivity index (χ1v) is 3.44. The third-order valence-electron chi connectivity index (χ3n) is 0. The van der Waals surface area contributed by atoms with Gasteiger partial charge >= 0.3 is 6.72 Å². The van der Waals surface area contributed by atoms with Gasteiger partial charge < -0.3 is 14.7 Å². The lowest BCUT2D eigenvalue weighted by Gasteiger charge is -1.88. The molecule has 0 rings (SSSR count). The molecular formula is H3O3PS. The van der Waals surface area contributed by atoms with Crippen molar-refractivity contribution in [3.8, 4) is 0 Å². The van der Waals surface area contributed by atoms with Gasteiger partial charge in [0.1, 0.15) is 0 Å². The van der Waals surface area contributed by atoms with Crippen LogP contribution in [0.2, 0.25) is 0 Å². The predicted octanol–water partition coefficient (Wildman–Crippen LogP) is -0.812. The second-order valence-corrected chi connectivity index (χ2v) is 3.01. The van der Waals surface area contributed by atoms with Gasteiger partial charge in [0, 0.05) is 0 Å². The highest BCUT2D eigenvalue weighted by atomic mass is 32.5. The molecule has 0 heterocycles. The fraction of sp³-hybridized carbons (Fsp3) is 0. The molecule has 0 aromatic rings. The van der Waals surface area contributed by atoms with E-state index in [1.54, 1.807) is 0 Å². The molecule has 0 saturated heterocycles. The van der Waals surface area contributed by atoms with Crippen molar-refractivity contribution in [2.45, 2.75) is 0 Å². The highest BCUT2D eigenvalue weighted by Gasteiger charge is 1.92. The second-order valence-electron chi connectivity index (χ2n) is 0.513. The summed E-state index contributed by atoms with van der Waals surface area (Å²) in [7, 11) is 0. The fourth-order valence-electron chi connectivity index (χ4n) is 0. The first kappa shape index (κ1) is 5.53. The minimum Gasteiger partial charge on any atom is -0.325 e. The Bertz CT molecular complexity index is 53.0. The Kier molecular flexibility index (Phi) is 1.46. The smallest absolute Gasteiger partial charge is 0.319 e. The molecule has 3 nitrogen and oxygen atoms in total. The summed E-state index contributed by atoms with van der Waals surface area (Å²) in [5.41, 5.74) is 0. The minimum atomic E-state index is -3.81. The van der Waals surface area contributed by atoms with Crippen molar-refractivity contribution in [1.29, 1.82) is 0 Å². The van der Waals surface area contributed by atoms with Crippen LogP contribution in [0.4, 0.5) is 0 Å². The molecule has 0 radical (unpaired) electrons. The topological polar surface area (TPSA) is 60.7 Å². The van der Waals surface area contributed by atoms with E-state index in [-0.39, 0.29) is 0 Å². The van der Waals surface area contributed by atoms with Gasteiger partial charge in [-0.15, -0.1) is 0 Å². The molecule has 0 aliphatic heterocycles. The molecule has 0 fully saturated rings. The number of hydrogen-bond donors (Lipinski definition) is 3. The molecule has 32 valence electrons. The van der Waals surface area contributed by atoms with Gasteiger partial charge in [-0.05, 0) is 11.8 Å². The first-order chi connectivity index (χ1) is 2.00. The molecule has 0 amide bonds. The van der Waals surface area contributed by atoms with E-state index in [1.807, 2.05) is 0 Å². The Hall–Kier alpha value is 0.530. The van der Waals surface area contributed by atoms with E-state index < -0.39 is 6.72 Å². The number of rotatable bonds is 0. The Morgan fingerprint density at radius 3 is 1.20 bits per heavy atom. The highest BCUT2D eigenvalue weighted by molar-refractivity contribution is 8.06. The van der Waals surface area contributed by atoms with E-state index >= 15 is 0 Å². The highest BCUT2D eigenvalue weighted by Crippen LogP contribution is 2.26. The second kappa shape index (κ2) is 1.32. The van der Waals surface area contributed by atoms with E-state index in [1.165, 1.54) is 0 Å². The van der Waals surface area contributed by atoms with Crippen molar-refractivity contribution in [2.75, 3.05) is 0 Å². The third-order valence-corrected chi connectivity index (χ3v) is 0. The molecule has 3 N–H and O–H groups in total. The Balaban J connectivity index is 3.47. The predicted molar refractivity (Wildman–Crippen MR) is 20.9 cm³/mol. The maximum atomic E-state index is 7.56. The van der Waals surface area contributed by atoms with Crippen LogP contribution in [0.15, 0.2) is 0 Å². The lowest BCUT2D eigenvalue weighted by molar-refractivity contribution is 0.363. The zero-order valence-corrected chi connectivity index (χ0v) is 3.91. The summed E-state index contributed by atoms with van der Waals surface area (Å²) in [4.78, 5) is 22.7. The molecule has 0 aromatic carbocycles. The molecule has 5 heavy (non-hydrogen) atoms. The molecule has 5 heteroatoms. The fourth-order valence-corrected chi connectivity index (χ4v) is 0. The van der Waals surface area contributed by atoms with Crippen LogP contribution in [-0.2, 0) is 11.8 Å². The normalized spacial score (nSPS) is 11.8. The SMILES string of the molecule is OP(O)(O)=S. The van der Waals surface area contributed by atoms with Gasteiger partial charge in [0.05, 0.1) is 0 Å². The van der Waals surface area contributed by atoms with Crippen LogP contribution in [0.1, 0.15) is 0 Å². The lowest BCUT2D eigenvalue weighted by Crippen LogP contribution is -1.65. The third kappa shape index (κ3) is 103. The van der Waals surface area contributed by atoms with Crippen LogP contribution in [0.5, 0.6) is 0 Å². The summed E-state index contributed by atoms with van der Waals surface area (Å²) in [6.07, 6.45) is 0. The van der Waals surface area contributed by atoms with Crippen molar-refractivity contribution in [2.24, 2.45) is 0 Å². The van der Waals surface area contributed by atoms with E-state index in [4.69, 9.17) is 14.7 Å². The van der Waals surface area contributed by atoms with Gasteiger partial charge in [-0.25, -0.2) is 0 Å². The summed E-state index contributed by atoms with van der Waals surface area (Å²) in [5, 5.41) is 0. The Morgan fingerprint density at radius 1 is 1.20 bits per heavy atom. The molecule has 0 saturated carbocycles. The Labute approximate surface area is 34.1 Å². The summed E-state index contributed by atoms with van der Waals surface area (Å²) < 4.78 is 0. The van der Waals surface area contributed by atoms with E-state index in [9.17, 15) is 0 Å². The van der Waals surface area contributed by atoms with Crippen molar-refractivity contribution >= 4 is 18.5 Å². The average molecular weight is 114 g/mol. The van der Waals surface area contributed by atoms with Crippen LogP contribution >= 0.6 is 6.72 Å². The summed E-state index contributed by atoms with van der Waals surface area (Å²) in [6.45, 7) is -3.81. The quantitative estimate of drug-likeness (QED) is 0.360. The summed E-state index contributed by atoms with van der Waals surface area (Å²) in [6, 6.07) is 0. The Morgan fingerprint density at radius 2 is 1.20 bits per heavy atom. The molecule has 0 unspecified atom stereocenters. The molecule has 0 aliphatic carbocycles. The zero-order chi connectivity index (χ0) is 4.50. The van der Waals surface area contributed by atoms with Crippen molar-refractivity contribution < 1.29 is 14.7 Å². The first-order valence-electron chi connectivity index (χ1n) is 0.783. The average Bonchev–Trinajstić information content (AvgIpc) is 0.722. The monoisotopic (exact) mass is 114 g/mol. The molecule has 0 spiro atoms. The van der Waals surface area contributed by atoms with E-state index in [0.717, 1.165) is 0 Å². The largest absolute Gasteiger partial charge is 0.325 e. The van der Waals surface area contributed by atoms with Crippen LogP contribution in [-0.4, -0.2) is 14.7 Å². The van der Waals surface area contributed by atoms with E-state index in [2.05, 4.69) is 11.8 Å². The van der Waals surface area contributed by atoms with E-state index in [0.29, 0.717) is 0 Å². The maximum absolute atomic E-state index is 7.56. The summed E-state index contributed by atoms with van der Waals surface area (Å²) >= 11 is 3.60. The van der Waals surface area contributed by atoms with Gasteiger partial charge in [-0.1, -0.05) is 0 Å². The van der Waals surface area contributed by atoms with Gasteiger partial charge in [0.25, 0.3) is 0 Å². The molecule has 0 aliphatic rings. The van der Waals surface area contributed by atoms with Gasteiger partial charge in [0.2, 0.25) is 0 Å². The van der Waals surface area contributed by atoms with Crippen molar-refractivity contribution in [1.82, 2.24) is 0 Å².